The number of carbonyl (C=O) groups is 3. The standard InChI is InChI=1S/C32H42F2O7/c1-16-11-19-20-14-22(33)21-13-18(35)8-10-28(21,4)31(20,34)23(36)15-30(19,6)32(16,25(37)38)41-26(39)40-24-12-17-7-9-29(24,5)27(17,2)3/h8,10,13,16-17,19-20,22-24,36H,7,9,11-12,14-15H2,1-6H3,(H,37,38)/t16-,17-,19+,20+,22+,23+,24-,28+,29+,30+,31?,32-/m1/s1. The normalized spacial score (nSPS) is 52.8. The van der Waals surface area contributed by atoms with Crippen molar-refractivity contribution in [2.24, 2.45) is 45.3 Å². The number of hydrogen-bond acceptors (Lipinski definition) is 6. The van der Waals surface area contributed by atoms with Crippen molar-refractivity contribution in [3.63, 3.8) is 0 Å². The van der Waals surface area contributed by atoms with E-state index in [1.807, 2.05) is 0 Å². The van der Waals surface area contributed by atoms with Crippen molar-refractivity contribution in [1.82, 2.24) is 0 Å². The molecule has 0 amide bonds. The highest BCUT2D eigenvalue weighted by Gasteiger charge is 2.79. The number of carbonyl (C=O) groups excluding carboxylic acids is 2. The first-order valence-corrected chi connectivity index (χ1v) is 15.0. The largest absolute Gasteiger partial charge is 0.509 e. The Kier molecular flexibility index (Phi) is 5.91. The van der Waals surface area contributed by atoms with E-state index in [0.717, 1.165) is 18.9 Å². The molecule has 2 bridgehead atoms. The third-order valence-electron chi connectivity index (χ3n) is 13.7. The molecule has 41 heavy (non-hydrogen) atoms. The molecule has 6 rings (SSSR count). The molecule has 0 spiro atoms. The highest BCUT2D eigenvalue weighted by atomic mass is 19.1. The van der Waals surface area contributed by atoms with Gasteiger partial charge >= 0.3 is 12.1 Å². The van der Waals surface area contributed by atoms with Crippen LogP contribution in [0.5, 0.6) is 0 Å². The second-order valence-corrected chi connectivity index (χ2v) is 15.1. The molecular formula is C32H42F2O7. The number of ether oxygens (including phenoxy) is 2. The maximum atomic E-state index is 17.5. The Hall–Kier alpha value is -2.29. The SMILES string of the molecule is C[C@@H]1C[C@H]2[C@@H]3C[C@H](F)C4=CC(=O)C=C[C@]4(C)C3(F)[C@@H](O)C[C@]2(C)[C@]1(OC(=O)O[C@@H]1C[C@H]2CC[C@]1(C)C2(C)C)C(=O)O. The minimum Gasteiger partial charge on any atom is -0.478 e. The van der Waals surface area contributed by atoms with Gasteiger partial charge in [0, 0.05) is 28.1 Å². The van der Waals surface area contributed by atoms with Crippen molar-refractivity contribution < 1.29 is 42.9 Å². The lowest BCUT2D eigenvalue weighted by atomic mass is 9.44. The lowest BCUT2D eigenvalue weighted by Gasteiger charge is -2.62. The molecule has 12 atom stereocenters. The van der Waals surface area contributed by atoms with E-state index >= 15 is 8.78 Å². The fraction of sp³-hybridized carbons (Fsp3) is 0.781. The molecule has 0 aromatic rings. The van der Waals surface area contributed by atoms with Gasteiger partial charge in [-0.25, -0.2) is 18.4 Å². The van der Waals surface area contributed by atoms with E-state index in [1.165, 1.54) is 19.1 Å². The van der Waals surface area contributed by atoms with Gasteiger partial charge in [-0.1, -0.05) is 40.7 Å². The predicted molar refractivity (Wildman–Crippen MR) is 144 cm³/mol. The summed E-state index contributed by atoms with van der Waals surface area (Å²) in [7, 11) is 0. The van der Waals surface area contributed by atoms with Gasteiger partial charge in [0.2, 0.25) is 5.60 Å². The van der Waals surface area contributed by atoms with Crippen LogP contribution in [0.15, 0.2) is 23.8 Å². The van der Waals surface area contributed by atoms with Gasteiger partial charge in [-0.15, -0.1) is 0 Å². The minimum atomic E-state index is -2.35. The van der Waals surface area contributed by atoms with Crippen molar-refractivity contribution in [2.45, 2.75) is 110 Å². The molecule has 7 nitrogen and oxygen atoms in total. The van der Waals surface area contributed by atoms with Crippen molar-refractivity contribution >= 4 is 17.9 Å². The average Bonchev–Trinajstić information content (AvgIpc) is 3.32. The third kappa shape index (κ3) is 3.19. The summed E-state index contributed by atoms with van der Waals surface area (Å²) in [5, 5.41) is 22.3. The molecule has 0 radical (unpaired) electrons. The van der Waals surface area contributed by atoms with Crippen LogP contribution in [0.2, 0.25) is 0 Å². The number of carboxylic acids is 1. The number of aliphatic hydroxyl groups excluding tert-OH is 1. The lowest BCUT2D eigenvalue weighted by Crippen LogP contribution is -2.71. The molecule has 6 aliphatic carbocycles. The van der Waals surface area contributed by atoms with Crippen LogP contribution in [-0.2, 0) is 19.1 Å². The molecule has 5 fully saturated rings. The fourth-order valence-electron chi connectivity index (χ4n) is 10.8. The lowest BCUT2D eigenvalue weighted by molar-refractivity contribution is -0.232. The van der Waals surface area contributed by atoms with Crippen LogP contribution < -0.4 is 0 Å². The Morgan fingerprint density at radius 3 is 2.32 bits per heavy atom. The summed E-state index contributed by atoms with van der Waals surface area (Å²) in [4.78, 5) is 38.7. The minimum absolute atomic E-state index is 0.00375. The number of carboxylic acid groups (broad SMARTS) is 1. The molecule has 0 aromatic carbocycles. The molecule has 6 aliphatic rings. The van der Waals surface area contributed by atoms with Gasteiger partial charge in [0.25, 0.3) is 0 Å². The summed E-state index contributed by atoms with van der Waals surface area (Å²) < 4.78 is 45.0. The molecule has 1 unspecified atom stereocenters. The molecule has 2 N–H and O–H groups in total. The van der Waals surface area contributed by atoms with Gasteiger partial charge in [0.05, 0.1) is 6.10 Å². The second-order valence-electron chi connectivity index (χ2n) is 15.1. The van der Waals surface area contributed by atoms with Crippen LogP contribution >= 0.6 is 0 Å². The van der Waals surface area contributed by atoms with Crippen molar-refractivity contribution in [3.8, 4) is 0 Å². The van der Waals surface area contributed by atoms with Crippen LogP contribution in [0.1, 0.15) is 80.1 Å². The number of aliphatic hydroxyl groups is 1. The highest BCUT2D eigenvalue weighted by molar-refractivity contribution is 6.01. The van der Waals surface area contributed by atoms with E-state index in [-0.39, 0.29) is 35.7 Å². The summed E-state index contributed by atoms with van der Waals surface area (Å²) in [6.45, 7) is 11.2. The van der Waals surface area contributed by atoms with E-state index < -0.39 is 76.1 Å². The summed E-state index contributed by atoms with van der Waals surface area (Å²) in [6, 6.07) is 0. The van der Waals surface area contributed by atoms with E-state index in [1.54, 1.807) is 13.8 Å². The number of rotatable bonds is 3. The Bertz CT molecular complexity index is 1280. The molecule has 0 aromatic heterocycles. The van der Waals surface area contributed by atoms with E-state index in [2.05, 4.69) is 20.8 Å². The number of hydrogen-bond donors (Lipinski definition) is 2. The first kappa shape index (κ1) is 28.8. The Morgan fingerprint density at radius 1 is 1.05 bits per heavy atom. The number of allylic oxidation sites excluding steroid dienone is 4. The molecule has 5 saturated carbocycles. The number of ketones is 1. The van der Waals surface area contributed by atoms with Gasteiger partial charge in [0.1, 0.15) is 12.3 Å². The average molecular weight is 577 g/mol. The first-order valence-electron chi connectivity index (χ1n) is 15.0. The van der Waals surface area contributed by atoms with E-state index in [0.29, 0.717) is 12.3 Å². The highest BCUT2D eigenvalue weighted by Crippen LogP contribution is 2.72. The van der Waals surface area contributed by atoms with Gasteiger partial charge in [-0.05, 0) is 80.4 Å². The van der Waals surface area contributed by atoms with Gasteiger partial charge < -0.3 is 19.7 Å². The molecule has 9 heteroatoms. The Morgan fingerprint density at radius 2 is 1.73 bits per heavy atom. The molecule has 0 aliphatic heterocycles. The topological polar surface area (TPSA) is 110 Å². The second kappa shape index (κ2) is 8.42. The summed E-state index contributed by atoms with van der Waals surface area (Å²) in [5.74, 6) is -3.96. The zero-order chi connectivity index (χ0) is 30.1. The zero-order valence-corrected chi connectivity index (χ0v) is 24.7. The van der Waals surface area contributed by atoms with Gasteiger partial charge in [-0.3, -0.25) is 4.79 Å². The van der Waals surface area contributed by atoms with E-state index in [9.17, 15) is 24.6 Å². The van der Waals surface area contributed by atoms with Crippen molar-refractivity contribution in [1.29, 1.82) is 0 Å². The molecule has 0 heterocycles. The molecular weight excluding hydrogens is 534 g/mol. The number of aliphatic carboxylic acids is 1. The van der Waals surface area contributed by atoms with Crippen LogP contribution in [0.3, 0.4) is 0 Å². The smallest absolute Gasteiger partial charge is 0.478 e. The summed E-state index contributed by atoms with van der Waals surface area (Å²) in [5.41, 5.74) is -7.73. The maximum absolute atomic E-state index is 17.5. The zero-order valence-electron chi connectivity index (χ0n) is 24.7. The number of fused-ring (bicyclic) bond motifs is 7. The summed E-state index contributed by atoms with van der Waals surface area (Å²) >= 11 is 0. The fourth-order valence-corrected chi connectivity index (χ4v) is 10.8. The van der Waals surface area contributed by atoms with Gasteiger partial charge in [-0.2, -0.15) is 0 Å². The Labute approximate surface area is 239 Å². The van der Waals surface area contributed by atoms with Crippen molar-refractivity contribution in [3.05, 3.63) is 23.8 Å². The molecule has 226 valence electrons. The third-order valence-corrected chi connectivity index (χ3v) is 13.7. The quantitative estimate of drug-likeness (QED) is 0.412. The monoisotopic (exact) mass is 576 g/mol. The first-order chi connectivity index (χ1) is 18.9. The van der Waals surface area contributed by atoms with Crippen LogP contribution in [0, 0.1) is 45.3 Å². The molecule has 0 saturated heterocycles. The van der Waals surface area contributed by atoms with Gasteiger partial charge in [0.15, 0.2) is 11.5 Å². The Balaban J connectivity index is 1.35. The van der Waals surface area contributed by atoms with Crippen molar-refractivity contribution in [2.75, 3.05) is 0 Å². The number of halogens is 2. The number of alkyl halides is 2. The van der Waals surface area contributed by atoms with Crippen LogP contribution in [0.4, 0.5) is 13.6 Å². The van der Waals surface area contributed by atoms with E-state index in [4.69, 9.17) is 9.47 Å². The predicted octanol–water partition coefficient (Wildman–Crippen LogP) is 5.74. The van der Waals surface area contributed by atoms with Crippen LogP contribution in [0.25, 0.3) is 0 Å². The van der Waals surface area contributed by atoms with Crippen LogP contribution in [-0.4, -0.2) is 57.8 Å². The summed E-state index contributed by atoms with van der Waals surface area (Å²) in [6.07, 6.45) is 1.04. The maximum Gasteiger partial charge on any atom is 0.509 e.